The average molecular weight is 111 g/mol. The van der Waals surface area contributed by atoms with E-state index in [0.29, 0.717) is 0 Å². The molecule has 0 atom stereocenters. The van der Waals surface area contributed by atoms with Crippen molar-refractivity contribution in [3.05, 3.63) is 11.8 Å². The van der Waals surface area contributed by atoms with Crippen molar-refractivity contribution in [1.82, 2.24) is 0 Å². The number of nitrogens with zero attached hydrogens (tertiary/aromatic N) is 1. The van der Waals surface area contributed by atoms with Crippen LogP contribution in [0.4, 0.5) is 0 Å². The van der Waals surface area contributed by atoms with E-state index in [1.807, 2.05) is 13.0 Å². The molecule has 0 aliphatic carbocycles. The normalized spacial score (nSPS) is 10.4. The van der Waals surface area contributed by atoms with Crippen molar-refractivity contribution in [3.8, 4) is 6.07 Å². The standard InChI is InChI=1S/C6H9NO/c1-3-6(8-2)4-5-7/h4H,3H2,1-2H3/b6-4+. The minimum Gasteiger partial charge on any atom is -0.500 e. The fraction of sp³-hybridized carbons (Fsp3) is 0.500. The highest BCUT2D eigenvalue weighted by atomic mass is 16.5. The van der Waals surface area contributed by atoms with Gasteiger partial charge in [0.25, 0.3) is 0 Å². The number of allylic oxidation sites excluding steroid dienone is 2. The zero-order valence-electron chi connectivity index (χ0n) is 5.14. The van der Waals surface area contributed by atoms with E-state index >= 15 is 0 Å². The quantitative estimate of drug-likeness (QED) is 0.399. The van der Waals surface area contributed by atoms with Gasteiger partial charge in [0.05, 0.1) is 19.3 Å². The third-order valence-electron chi connectivity index (χ3n) is 0.836. The van der Waals surface area contributed by atoms with Gasteiger partial charge in [-0.05, 0) is 0 Å². The molecule has 0 aromatic rings. The van der Waals surface area contributed by atoms with Gasteiger partial charge in [0.15, 0.2) is 0 Å². The number of methoxy groups -OCH3 is 1. The van der Waals surface area contributed by atoms with Crippen LogP contribution in [0.25, 0.3) is 0 Å². The number of ether oxygens (including phenoxy) is 1. The van der Waals surface area contributed by atoms with Crippen LogP contribution in [0.2, 0.25) is 0 Å². The van der Waals surface area contributed by atoms with Crippen LogP contribution >= 0.6 is 0 Å². The van der Waals surface area contributed by atoms with E-state index < -0.39 is 0 Å². The molecule has 0 aliphatic rings. The summed E-state index contributed by atoms with van der Waals surface area (Å²) in [5, 5.41) is 8.09. The fourth-order valence-electron chi connectivity index (χ4n) is 0.377. The molecule has 0 saturated heterocycles. The Balaban J connectivity index is 3.72. The molecule has 0 spiro atoms. The molecule has 0 bridgehead atoms. The largest absolute Gasteiger partial charge is 0.500 e. The topological polar surface area (TPSA) is 33.0 Å². The third-order valence-corrected chi connectivity index (χ3v) is 0.836. The molecule has 44 valence electrons. The number of nitriles is 1. The van der Waals surface area contributed by atoms with Gasteiger partial charge in [-0.1, -0.05) is 6.92 Å². The summed E-state index contributed by atoms with van der Waals surface area (Å²) >= 11 is 0. The van der Waals surface area contributed by atoms with E-state index in [-0.39, 0.29) is 0 Å². The molecule has 2 heteroatoms. The highest BCUT2D eigenvalue weighted by Crippen LogP contribution is 1.97. The summed E-state index contributed by atoms with van der Waals surface area (Å²) in [6, 6.07) is 1.88. The summed E-state index contributed by atoms with van der Waals surface area (Å²) in [6.45, 7) is 1.94. The highest BCUT2D eigenvalue weighted by molar-refractivity contribution is 5.07. The Labute approximate surface area is 49.4 Å². The zero-order valence-corrected chi connectivity index (χ0v) is 5.14. The second-order valence-corrected chi connectivity index (χ2v) is 1.30. The minimum absolute atomic E-state index is 0.729. The maximum atomic E-state index is 8.09. The molecule has 8 heavy (non-hydrogen) atoms. The molecule has 2 nitrogen and oxygen atoms in total. The average Bonchev–Trinajstić information content (AvgIpc) is 1.83. The van der Waals surface area contributed by atoms with Crippen LogP contribution in [0.1, 0.15) is 13.3 Å². The molecule has 0 N–H and O–H groups in total. The molecular formula is C6H9NO. The zero-order chi connectivity index (χ0) is 6.41. The number of hydrogen-bond acceptors (Lipinski definition) is 2. The second kappa shape index (κ2) is 4.20. The van der Waals surface area contributed by atoms with Crippen molar-refractivity contribution in [3.63, 3.8) is 0 Å². The monoisotopic (exact) mass is 111 g/mol. The second-order valence-electron chi connectivity index (χ2n) is 1.30. The molecule has 0 aliphatic heterocycles. The van der Waals surface area contributed by atoms with Crippen LogP contribution in [0.3, 0.4) is 0 Å². The first kappa shape index (κ1) is 7.03. The first-order chi connectivity index (χ1) is 3.85. The lowest BCUT2D eigenvalue weighted by Gasteiger charge is -1.96. The number of rotatable bonds is 2. The van der Waals surface area contributed by atoms with E-state index in [2.05, 4.69) is 0 Å². The predicted octanol–water partition coefficient (Wildman–Crippen LogP) is 1.45. The van der Waals surface area contributed by atoms with Crippen molar-refractivity contribution in [2.24, 2.45) is 0 Å². The maximum Gasteiger partial charge on any atom is 0.106 e. The molecule has 0 fully saturated rings. The van der Waals surface area contributed by atoms with Crippen molar-refractivity contribution in [2.75, 3.05) is 7.11 Å². The van der Waals surface area contributed by atoms with Crippen LogP contribution in [0, 0.1) is 11.3 Å². The molecule has 0 radical (unpaired) electrons. The first-order valence-corrected chi connectivity index (χ1v) is 2.47. The van der Waals surface area contributed by atoms with Gasteiger partial charge in [0, 0.05) is 6.42 Å². The van der Waals surface area contributed by atoms with Crippen molar-refractivity contribution in [2.45, 2.75) is 13.3 Å². The molecule has 0 saturated carbocycles. The van der Waals surface area contributed by atoms with E-state index in [1.54, 1.807) is 7.11 Å². The molecule has 0 aromatic carbocycles. The number of hydrogen-bond donors (Lipinski definition) is 0. The van der Waals surface area contributed by atoms with E-state index in [1.165, 1.54) is 6.08 Å². The lowest BCUT2D eigenvalue weighted by Crippen LogP contribution is -1.81. The summed E-state index contributed by atoms with van der Waals surface area (Å²) in [5.74, 6) is 0.729. The maximum absolute atomic E-state index is 8.09. The SMILES string of the molecule is CC/C(=C\C#N)OC. The van der Waals surface area contributed by atoms with E-state index in [4.69, 9.17) is 10.00 Å². The van der Waals surface area contributed by atoms with Crippen LogP contribution in [0.5, 0.6) is 0 Å². The Morgan fingerprint density at radius 1 is 1.88 bits per heavy atom. The summed E-state index contributed by atoms with van der Waals surface area (Å²) in [6.07, 6.45) is 2.18. The van der Waals surface area contributed by atoms with Crippen molar-refractivity contribution >= 4 is 0 Å². The summed E-state index contributed by atoms with van der Waals surface area (Å²) < 4.78 is 4.78. The smallest absolute Gasteiger partial charge is 0.106 e. The Morgan fingerprint density at radius 2 is 2.50 bits per heavy atom. The van der Waals surface area contributed by atoms with Crippen LogP contribution < -0.4 is 0 Å². The van der Waals surface area contributed by atoms with Crippen LogP contribution in [-0.4, -0.2) is 7.11 Å². The van der Waals surface area contributed by atoms with E-state index in [9.17, 15) is 0 Å². The Kier molecular flexibility index (Phi) is 3.69. The first-order valence-electron chi connectivity index (χ1n) is 2.47. The van der Waals surface area contributed by atoms with Gasteiger partial charge in [0.2, 0.25) is 0 Å². The molecular weight excluding hydrogens is 102 g/mol. The molecule has 0 rings (SSSR count). The lowest BCUT2D eigenvalue weighted by atomic mass is 10.4. The van der Waals surface area contributed by atoms with Crippen LogP contribution in [-0.2, 0) is 4.74 Å². The Bertz CT molecular complexity index is 115. The minimum atomic E-state index is 0.729. The van der Waals surface area contributed by atoms with Gasteiger partial charge in [-0.2, -0.15) is 5.26 Å². The molecule has 0 heterocycles. The van der Waals surface area contributed by atoms with Gasteiger partial charge >= 0.3 is 0 Å². The molecule has 0 aromatic heterocycles. The Morgan fingerprint density at radius 3 is 2.62 bits per heavy atom. The summed E-state index contributed by atoms with van der Waals surface area (Å²) in [7, 11) is 1.56. The highest BCUT2D eigenvalue weighted by Gasteiger charge is 1.85. The van der Waals surface area contributed by atoms with Gasteiger partial charge in [-0.25, -0.2) is 0 Å². The van der Waals surface area contributed by atoms with Gasteiger partial charge in [0.1, 0.15) is 5.76 Å². The fourth-order valence-corrected chi connectivity index (χ4v) is 0.377. The Hall–Kier alpha value is -0.970. The summed E-state index contributed by atoms with van der Waals surface area (Å²) in [5.41, 5.74) is 0. The van der Waals surface area contributed by atoms with Gasteiger partial charge in [-0.15, -0.1) is 0 Å². The third kappa shape index (κ3) is 2.25. The van der Waals surface area contributed by atoms with Crippen LogP contribution in [0.15, 0.2) is 11.8 Å². The molecule has 0 amide bonds. The summed E-state index contributed by atoms with van der Waals surface area (Å²) in [4.78, 5) is 0. The molecule has 0 unspecified atom stereocenters. The van der Waals surface area contributed by atoms with Crippen molar-refractivity contribution in [1.29, 1.82) is 5.26 Å². The van der Waals surface area contributed by atoms with E-state index in [0.717, 1.165) is 12.2 Å². The predicted molar refractivity (Wildman–Crippen MR) is 31.0 cm³/mol. The van der Waals surface area contributed by atoms with Crippen molar-refractivity contribution < 1.29 is 4.74 Å². The van der Waals surface area contributed by atoms with Gasteiger partial charge < -0.3 is 4.74 Å². The lowest BCUT2D eigenvalue weighted by molar-refractivity contribution is 0.281. The van der Waals surface area contributed by atoms with Gasteiger partial charge in [-0.3, -0.25) is 0 Å².